The van der Waals surface area contributed by atoms with Crippen LogP contribution in [0.25, 0.3) is 16.7 Å². The van der Waals surface area contributed by atoms with E-state index < -0.39 is 0 Å². The van der Waals surface area contributed by atoms with Gasteiger partial charge in [0.1, 0.15) is 4.88 Å². The summed E-state index contributed by atoms with van der Waals surface area (Å²) >= 11 is 1.53. The van der Waals surface area contributed by atoms with Gasteiger partial charge in [0, 0.05) is 10.4 Å². The van der Waals surface area contributed by atoms with Crippen LogP contribution in [-0.2, 0) is 4.74 Å². The van der Waals surface area contributed by atoms with Gasteiger partial charge in [-0.25, -0.2) is 4.79 Å². The lowest BCUT2D eigenvalue weighted by Gasteiger charge is -2.10. The van der Waals surface area contributed by atoms with E-state index in [2.05, 4.69) is 30.4 Å². The maximum Gasteiger partial charge on any atom is 0.348 e. The maximum atomic E-state index is 12.1. The molecule has 0 fully saturated rings. The molecule has 3 rings (SSSR count). The van der Waals surface area contributed by atoms with Gasteiger partial charge in [0.2, 0.25) is 0 Å². The van der Waals surface area contributed by atoms with Crippen molar-refractivity contribution < 1.29 is 9.53 Å². The molecule has 0 radical (unpaired) electrons. The lowest BCUT2D eigenvalue weighted by Crippen LogP contribution is -2.01. The van der Waals surface area contributed by atoms with Crippen LogP contribution in [0.1, 0.15) is 34.3 Å². The topological polar surface area (TPSA) is 26.3 Å². The number of hydrogen-bond donors (Lipinski definition) is 0. The van der Waals surface area contributed by atoms with Gasteiger partial charge >= 0.3 is 5.97 Å². The van der Waals surface area contributed by atoms with Crippen molar-refractivity contribution in [2.75, 3.05) is 6.61 Å². The minimum atomic E-state index is -0.233. The van der Waals surface area contributed by atoms with Gasteiger partial charge in [0.15, 0.2) is 0 Å². The van der Waals surface area contributed by atoms with Crippen molar-refractivity contribution >= 4 is 22.9 Å². The number of esters is 1. The zero-order chi connectivity index (χ0) is 15.4. The molecule has 0 amide bonds. The highest BCUT2D eigenvalue weighted by atomic mass is 32.1. The van der Waals surface area contributed by atoms with Crippen molar-refractivity contribution in [2.45, 2.75) is 19.8 Å². The van der Waals surface area contributed by atoms with E-state index in [1.54, 1.807) is 0 Å². The van der Waals surface area contributed by atoms with Crippen molar-refractivity contribution in [3.05, 3.63) is 64.4 Å². The van der Waals surface area contributed by atoms with Gasteiger partial charge in [-0.1, -0.05) is 48.6 Å². The van der Waals surface area contributed by atoms with E-state index in [0.29, 0.717) is 11.5 Å². The number of ether oxygens (including phenoxy) is 1. The largest absolute Gasteiger partial charge is 0.462 e. The number of benzene rings is 1. The Balaban J connectivity index is 2.08. The Kier molecular flexibility index (Phi) is 4.54. The number of allylic oxidation sites excluding steroid dienone is 4. The van der Waals surface area contributed by atoms with E-state index in [0.717, 1.165) is 24.0 Å². The van der Waals surface area contributed by atoms with Gasteiger partial charge in [-0.05, 0) is 37.0 Å². The van der Waals surface area contributed by atoms with Crippen LogP contribution in [0.15, 0.2) is 54.6 Å². The first kappa shape index (κ1) is 14.8. The minimum absolute atomic E-state index is 0.233. The van der Waals surface area contributed by atoms with Gasteiger partial charge in [0.25, 0.3) is 0 Å². The third-order valence-corrected chi connectivity index (χ3v) is 4.79. The van der Waals surface area contributed by atoms with E-state index in [-0.39, 0.29) is 5.97 Å². The molecule has 1 aliphatic rings. The summed E-state index contributed by atoms with van der Waals surface area (Å²) < 4.78 is 5.16. The molecule has 1 heterocycles. The molecule has 0 spiro atoms. The first-order valence-corrected chi connectivity index (χ1v) is 8.33. The third-order valence-electron chi connectivity index (χ3n) is 3.60. The van der Waals surface area contributed by atoms with E-state index >= 15 is 0 Å². The summed E-state index contributed by atoms with van der Waals surface area (Å²) in [7, 11) is 0. The molecule has 0 atom stereocenters. The van der Waals surface area contributed by atoms with Crippen LogP contribution in [0, 0.1) is 0 Å². The van der Waals surface area contributed by atoms with E-state index in [1.807, 2.05) is 31.2 Å². The molecular formula is C19H18O2S. The maximum absolute atomic E-state index is 12.1. The summed E-state index contributed by atoms with van der Waals surface area (Å²) in [5, 5.41) is 0. The highest BCUT2D eigenvalue weighted by Crippen LogP contribution is 2.39. The summed E-state index contributed by atoms with van der Waals surface area (Å²) in [5.74, 6) is -0.233. The van der Waals surface area contributed by atoms with Crippen molar-refractivity contribution in [1.82, 2.24) is 0 Å². The summed E-state index contributed by atoms with van der Waals surface area (Å²) in [6.07, 6.45) is 8.48. The van der Waals surface area contributed by atoms with Gasteiger partial charge in [0.05, 0.1) is 6.61 Å². The molecule has 0 saturated heterocycles. The van der Waals surface area contributed by atoms with Crippen LogP contribution >= 0.6 is 11.3 Å². The van der Waals surface area contributed by atoms with Gasteiger partial charge < -0.3 is 4.74 Å². The Morgan fingerprint density at radius 2 is 2.09 bits per heavy atom. The lowest BCUT2D eigenvalue weighted by molar-refractivity contribution is 0.0532. The zero-order valence-electron chi connectivity index (χ0n) is 12.5. The van der Waals surface area contributed by atoms with E-state index in [4.69, 9.17) is 4.74 Å². The normalized spacial score (nSPS) is 13.8. The van der Waals surface area contributed by atoms with Gasteiger partial charge in [-0.2, -0.15) is 0 Å². The second-order valence-corrected chi connectivity index (χ2v) is 6.15. The molecule has 0 N–H and O–H groups in total. The van der Waals surface area contributed by atoms with Crippen LogP contribution in [0.4, 0.5) is 0 Å². The van der Waals surface area contributed by atoms with Crippen LogP contribution in [0.3, 0.4) is 0 Å². The molecule has 1 aliphatic carbocycles. The highest BCUT2D eigenvalue weighted by molar-refractivity contribution is 7.15. The zero-order valence-corrected chi connectivity index (χ0v) is 13.4. The van der Waals surface area contributed by atoms with E-state index in [1.165, 1.54) is 21.8 Å². The Bertz CT molecular complexity index is 723. The summed E-state index contributed by atoms with van der Waals surface area (Å²) in [6.45, 7) is 2.23. The number of carbonyl (C=O) groups excluding carboxylic acids is 1. The van der Waals surface area contributed by atoms with Crippen molar-refractivity contribution in [3.8, 4) is 11.1 Å². The summed E-state index contributed by atoms with van der Waals surface area (Å²) in [4.78, 5) is 13.9. The first-order valence-electron chi connectivity index (χ1n) is 7.52. The molecule has 0 unspecified atom stereocenters. The van der Waals surface area contributed by atoms with Crippen LogP contribution < -0.4 is 0 Å². The Hall–Kier alpha value is -2.13. The average Bonchev–Trinajstić information content (AvgIpc) is 3.02. The Morgan fingerprint density at radius 1 is 1.27 bits per heavy atom. The standard InChI is InChI=1S/C19H18O2S/c1-2-21-19(20)17-13-16(14-9-5-3-6-10-14)18(22-17)15-11-7-4-8-12-15/h3-7,9-11,13H,2,8,12H2,1H3. The molecule has 0 aliphatic heterocycles. The molecular weight excluding hydrogens is 292 g/mol. The second-order valence-electron chi connectivity index (χ2n) is 5.10. The fourth-order valence-corrected chi connectivity index (χ4v) is 3.68. The van der Waals surface area contributed by atoms with Crippen LogP contribution in [0.2, 0.25) is 0 Å². The second kappa shape index (κ2) is 6.75. The fraction of sp³-hybridized carbons (Fsp3) is 0.211. The van der Waals surface area contributed by atoms with Crippen LogP contribution in [0.5, 0.6) is 0 Å². The predicted molar refractivity (Wildman–Crippen MR) is 92.1 cm³/mol. The minimum Gasteiger partial charge on any atom is -0.462 e. The lowest BCUT2D eigenvalue weighted by atomic mass is 9.97. The molecule has 2 aromatic rings. The number of rotatable bonds is 4. The first-order chi connectivity index (χ1) is 10.8. The molecule has 3 heteroatoms. The van der Waals surface area contributed by atoms with Gasteiger partial charge in [-0.15, -0.1) is 11.3 Å². The molecule has 0 saturated carbocycles. The highest BCUT2D eigenvalue weighted by Gasteiger charge is 2.19. The fourth-order valence-electron chi connectivity index (χ4n) is 2.56. The molecule has 22 heavy (non-hydrogen) atoms. The van der Waals surface area contributed by atoms with Crippen molar-refractivity contribution in [3.63, 3.8) is 0 Å². The SMILES string of the molecule is CCOC(=O)c1cc(-c2ccccc2)c(C2=CC=CCC2)s1. The average molecular weight is 310 g/mol. The molecule has 112 valence electrons. The Labute approximate surface area is 134 Å². The quantitative estimate of drug-likeness (QED) is 0.714. The van der Waals surface area contributed by atoms with E-state index in [9.17, 15) is 4.79 Å². The van der Waals surface area contributed by atoms with Gasteiger partial charge in [-0.3, -0.25) is 0 Å². The number of thiophene rings is 1. The third kappa shape index (κ3) is 3.04. The monoisotopic (exact) mass is 310 g/mol. The summed E-state index contributed by atoms with van der Waals surface area (Å²) in [5.41, 5.74) is 3.55. The predicted octanol–water partition coefficient (Wildman–Crippen LogP) is 5.33. The Morgan fingerprint density at radius 3 is 2.77 bits per heavy atom. The number of carbonyl (C=O) groups is 1. The summed E-state index contributed by atoms with van der Waals surface area (Å²) in [6, 6.07) is 12.2. The molecule has 1 aromatic carbocycles. The van der Waals surface area contributed by atoms with Crippen molar-refractivity contribution in [2.24, 2.45) is 0 Å². The smallest absolute Gasteiger partial charge is 0.348 e. The molecule has 2 nitrogen and oxygen atoms in total. The molecule has 1 aromatic heterocycles. The van der Waals surface area contributed by atoms with Crippen LogP contribution in [-0.4, -0.2) is 12.6 Å². The van der Waals surface area contributed by atoms with Crippen molar-refractivity contribution in [1.29, 1.82) is 0 Å². The number of hydrogen-bond acceptors (Lipinski definition) is 3. The molecule has 0 bridgehead atoms.